The quantitative estimate of drug-likeness (QED) is 0.377. The van der Waals surface area contributed by atoms with E-state index in [4.69, 9.17) is 0 Å². The van der Waals surface area contributed by atoms with Gasteiger partial charge in [0.1, 0.15) is 0 Å². The van der Waals surface area contributed by atoms with Crippen molar-refractivity contribution >= 4 is 56.0 Å². The summed E-state index contributed by atoms with van der Waals surface area (Å²) in [5.74, 6) is 0. The van der Waals surface area contributed by atoms with Gasteiger partial charge in [0.15, 0.2) is 0 Å². The fourth-order valence-electron chi connectivity index (χ4n) is 3.02. The summed E-state index contributed by atoms with van der Waals surface area (Å²) in [6.07, 6.45) is 11.3. The van der Waals surface area contributed by atoms with E-state index < -0.39 is 0 Å². The first-order chi connectivity index (χ1) is 11.3. The van der Waals surface area contributed by atoms with Gasteiger partial charge in [0.05, 0.1) is 0 Å². The Hall–Kier alpha value is -0.400. The number of hydrogen-bond acceptors (Lipinski definition) is 0. The van der Waals surface area contributed by atoms with Crippen LogP contribution in [-0.4, -0.2) is 6.88 Å². The summed E-state index contributed by atoms with van der Waals surface area (Å²) >= 11 is 1.58. The van der Waals surface area contributed by atoms with Gasteiger partial charge in [-0.3, -0.25) is 0 Å². The minimum atomic E-state index is 0. The van der Waals surface area contributed by atoms with Gasteiger partial charge in [-0.05, 0) is 0 Å². The summed E-state index contributed by atoms with van der Waals surface area (Å²) in [5.41, 5.74) is 0.257. The molecule has 28 heavy (non-hydrogen) atoms. The molecule has 0 aromatic heterocycles. The summed E-state index contributed by atoms with van der Waals surface area (Å²) in [6, 6.07) is 16.7. The number of rotatable bonds is 0. The monoisotopic (exact) mass is 508 g/mol. The summed E-state index contributed by atoms with van der Waals surface area (Å²) in [6.45, 7) is 10.6. The van der Waals surface area contributed by atoms with Crippen molar-refractivity contribution in [3.8, 4) is 0 Å². The van der Waals surface area contributed by atoms with Crippen LogP contribution in [-0.2, 0) is 23.3 Å². The third-order valence-electron chi connectivity index (χ3n) is 3.87. The SMILES string of the molecule is CC1(C)[C-]=c2ccccc2=C1.CC1(C)[C-]=c2ccccc2=C1.Cl.Cl.[CH3-].[CH3-].[SiH2]=[Zr]. The molecule has 0 fully saturated rings. The van der Waals surface area contributed by atoms with E-state index in [0.717, 1.165) is 0 Å². The van der Waals surface area contributed by atoms with E-state index in [-0.39, 0.29) is 50.5 Å². The van der Waals surface area contributed by atoms with Crippen molar-refractivity contribution in [2.75, 3.05) is 0 Å². The zero-order valence-electron chi connectivity index (χ0n) is 17.8. The van der Waals surface area contributed by atoms with Crippen molar-refractivity contribution in [2.24, 2.45) is 10.8 Å². The molecule has 4 rings (SSSR count). The summed E-state index contributed by atoms with van der Waals surface area (Å²) in [7, 11) is 0. The molecule has 0 amide bonds. The molecular weight excluding hydrogens is 478 g/mol. The van der Waals surface area contributed by atoms with E-state index >= 15 is 0 Å². The summed E-state index contributed by atoms with van der Waals surface area (Å²) in [4.78, 5) is 0. The molecular formula is C24H32Cl2SiZr-4. The van der Waals surface area contributed by atoms with Crippen molar-refractivity contribution in [2.45, 2.75) is 27.7 Å². The van der Waals surface area contributed by atoms with Crippen LogP contribution in [0.4, 0.5) is 0 Å². The third-order valence-corrected chi connectivity index (χ3v) is 3.87. The second kappa shape index (κ2) is 13.8. The molecule has 0 radical (unpaired) electrons. The standard InChI is InChI=1S/2C11H11.2CH3.2ClH.H2Si.Zr/c2*1-11(2)7-9-5-3-4-6-10(9)8-11;;;;;;/h2*3-7H,1-2H3;2*1H3;2*1H;1H2;/q4*-1;;;;. The Morgan fingerprint density at radius 2 is 0.929 bits per heavy atom. The molecule has 0 N–H and O–H groups in total. The van der Waals surface area contributed by atoms with Crippen molar-refractivity contribution in [3.05, 3.63) is 84.3 Å². The third kappa shape index (κ3) is 8.95. The van der Waals surface area contributed by atoms with Gasteiger partial charge in [-0.25, -0.2) is 0 Å². The molecule has 0 atom stereocenters. The first kappa shape index (κ1) is 32.3. The molecule has 0 aliphatic heterocycles. The first-order valence-corrected chi connectivity index (χ1v) is 14.1. The van der Waals surface area contributed by atoms with E-state index in [1.54, 1.807) is 23.3 Å². The van der Waals surface area contributed by atoms with Gasteiger partial charge < -0.3 is 14.9 Å². The van der Waals surface area contributed by atoms with Gasteiger partial charge in [0.25, 0.3) is 0 Å². The molecule has 0 spiro atoms. The minimum absolute atomic E-state index is 0. The number of benzene rings is 2. The predicted molar refractivity (Wildman–Crippen MR) is 131 cm³/mol. The summed E-state index contributed by atoms with van der Waals surface area (Å²) < 4.78 is 0. The Labute approximate surface area is 200 Å². The Morgan fingerprint density at radius 3 is 1.21 bits per heavy atom. The van der Waals surface area contributed by atoms with Crippen LogP contribution in [0.2, 0.25) is 0 Å². The molecule has 2 aromatic rings. The average Bonchev–Trinajstić information content (AvgIpc) is 3.02. The number of fused-ring (bicyclic) bond motifs is 2. The normalized spacial score (nSPS) is 14.5. The van der Waals surface area contributed by atoms with E-state index in [1.807, 2.05) is 6.88 Å². The van der Waals surface area contributed by atoms with Crippen LogP contribution in [0, 0.1) is 25.7 Å². The zero-order valence-corrected chi connectivity index (χ0v) is 23.3. The Balaban J connectivity index is -0.000000363. The van der Waals surface area contributed by atoms with Gasteiger partial charge in [-0.15, -0.1) is 71.7 Å². The van der Waals surface area contributed by atoms with Crippen LogP contribution in [0.1, 0.15) is 27.7 Å². The Bertz CT molecular complexity index is 809. The predicted octanol–water partition coefficient (Wildman–Crippen LogP) is 3.15. The van der Waals surface area contributed by atoms with Crippen LogP contribution in [0.5, 0.6) is 0 Å². The van der Waals surface area contributed by atoms with Crippen LogP contribution >= 0.6 is 24.8 Å². The molecule has 154 valence electrons. The number of hydrogen-bond donors (Lipinski definition) is 0. The Morgan fingerprint density at radius 1 is 0.643 bits per heavy atom. The van der Waals surface area contributed by atoms with E-state index in [0.29, 0.717) is 0 Å². The molecule has 0 heterocycles. The van der Waals surface area contributed by atoms with Gasteiger partial charge in [-0.1, -0.05) is 50.7 Å². The van der Waals surface area contributed by atoms with Gasteiger partial charge in [-0.2, -0.15) is 34.7 Å². The van der Waals surface area contributed by atoms with E-state index in [1.165, 1.54) is 20.9 Å². The maximum atomic E-state index is 3.42. The average molecular weight is 511 g/mol. The van der Waals surface area contributed by atoms with E-state index in [2.05, 4.69) is 101 Å². The van der Waals surface area contributed by atoms with Gasteiger partial charge >= 0.3 is 30.2 Å². The van der Waals surface area contributed by atoms with Gasteiger partial charge in [0, 0.05) is 0 Å². The van der Waals surface area contributed by atoms with Crippen LogP contribution in [0.25, 0.3) is 24.3 Å². The molecule has 0 nitrogen and oxygen atoms in total. The van der Waals surface area contributed by atoms with Crippen molar-refractivity contribution in [1.29, 1.82) is 0 Å². The zero-order chi connectivity index (χ0) is 17.8. The topological polar surface area (TPSA) is 0 Å². The molecule has 0 saturated carbocycles. The molecule has 0 bridgehead atoms. The molecule has 2 aromatic carbocycles. The van der Waals surface area contributed by atoms with Crippen LogP contribution < -0.4 is 20.9 Å². The molecule has 0 unspecified atom stereocenters. The number of halogens is 2. The van der Waals surface area contributed by atoms with Crippen molar-refractivity contribution in [3.63, 3.8) is 0 Å². The molecule has 0 saturated heterocycles. The second-order valence-electron chi connectivity index (χ2n) is 7.16. The van der Waals surface area contributed by atoms with Gasteiger partial charge in [0.2, 0.25) is 0 Å². The van der Waals surface area contributed by atoms with Crippen molar-refractivity contribution < 1.29 is 23.3 Å². The fraction of sp³-hybridized carbons (Fsp3) is 0.250. The first-order valence-electron chi connectivity index (χ1n) is 8.16. The second-order valence-corrected chi connectivity index (χ2v) is 7.16. The maximum absolute atomic E-state index is 3.42. The fourth-order valence-corrected chi connectivity index (χ4v) is 3.02. The molecule has 2 aliphatic carbocycles. The van der Waals surface area contributed by atoms with E-state index in [9.17, 15) is 0 Å². The molecule has 4 heteroatoms. The summed E-state index contributed by atoms with van der Waals surface area (Å²) in [5, 5.41) is 5.13. The molecule has 2 aliphatic rings. The Kier molecular flexibility index (Phi) is 15.9. The van der Waals surface area contributed by atoms with Crippen LogP contribution in [0.3, 0.4) is 0 Å². The van der Waals surface area contributed by atoms with Crippen molar-refractivity contribution in [1.82, 2.24) is 0 Å². The van der Waals surface area contributed by atoms with Crippen LogP contribution in [0.15, 0.2) is 48.5 Å².